The molecule has 0 bridgehead atoms. The molecule has 1 heterocycles. The van der Waals surface area contributed by atoms with Crippen LogP contribution in [0, 0.1) is 10.1 Å². The van der Waals surface area contributed by atoms with Crippen molar-refractivity contribution in [3.8, 4) is 5.75 Å². The Morgan fingerprint density at radius 1 is 0.484 bits per heavy atom. The molecule has 0 saturated carbocycles. The number of nitro groups is 1. The summed E-state index contributed by atoms with van der Waals surface area (Å²) in [7, 11) is 1.64. The lowest BCUT2D eigenvalue weighted by Gasteiger charge is -2.25. The molecule has 3 rings (SSSR count). The van der Waals surface area contributed by atoms with E-state index in [1.807, 2.05) is 45.9 Å². The van der Waals surface area contributed by atoms with Gasteiger partial charge in [0.1, 0.15) is 6.61 Å². The number of rotatable bonds is 41. The van der Waals surface area contributed by atoms with Crippen molar-refractivity contribution in [3.63, 3.8) is 0 Å². The Balaban J connectivity index is 1.10. The largest absolute Gasteiger partial charge is 0.484 e. The number of amides is 2. The molecule has 0 radical (unpaired) electrons. The second-order valence-electron chi connectivity index (χ2n) is 14.7. The van der Waals surface area contributed by atoms with Crippen molar-refractivity contribution in [1.82, 2.24) is 0 Å². The van der Waals surface area contributed by atoms with Crippen LogP contribution in [0.1, 0.15) is 71.4 Å². The number of methoxy groups -OCH3 is 1. The van der Waals surface area contributed by atoms with Crippen LogP contribution in [0.5, 0.6) is 5.75 Å². The van der Waals surface area contributed by atoms with Gasteiger partial charge in [-0.1, -0.05) is 45.9 Å². The third-order valence-electron chi connectivity index (χ3n) is 9.37. The summed E-state index contributed by atoms with van der Waals surface area (Å²) in [4.78, 5) is 39.9. The molecule has 0 N–H and O–H groups in total. The van der Waals surface area contributed by atoms with Crippen molar-refractivity contribution < 1.29 is 76.1 Å². The van der Waals surface area contributed by atoms with E-state index in [-0.39, 0.29) is 48.5 Å². The summed E-state index contributed by atoms with van der Waals surface area (Å²) in [6.45, 7) is 18.2. The van der Waals surface area contributed by atoms with Crippen LogP contribution in [0.2, 0.25) is 0 Å². The van der Waals surface area contributed by atoms with Gasteiger partial charge in [0.15, 0.2) is 5.75 Å². The number of hydrogen-bond donors (Lipinski definition) is 0. The molecule has 2 amide bonds. The van der Waals surface area contributed by atoms with E-state index in [4.69, 9.17) is 61.6 Å². The Hall–Kier alpha value is -3.70. The van der Waals surface area contributed by atoms with Crippen molar-refractivity contribution >= 4 is 23.2 Å². The molecule has 362 valence electrons. The topological polar surface area (TPSA) is 201 Å². The van der Waals surface area contributed by atoms with Gasteiger partial charge < -0.3 is 61.6 Å². The molecule has 0 atom stereocenters. The zero-order chi connectivity index (χ0) is 46.2. The van der Waals surface area contributed by atoms with Gasteiger partial charge in [0, 0.05) is 19.2 Å². The maximum atomic E-state index is 13.7. The van der Waals surface area contributed by atoms with Crippen LogP contribution in [-0.4, -0.2) is 182 Å². The number of imide groups is 1. The first-order chi connectivity index (χ1) is 31.2. The molecule has 0 aliphatic carbocycles. The Bertz CT molecular complexity index is 1580. The van der Waals surface area contributed by atoms with E-state index < -0.39 is 22.4 Å². The number of carbonyl (C=O) groups is 2. The average molecular weight is 911 g/mol. The smallest absolute Gasteiger partial charge is 0.311 e. The van der Waals surface area contributed by atoms with Gasteiger partial charge >= 0.3 is 5.69 Å². The van der Waals surface area contributed by atoms with E-state index in [2.05, 4.69) is 0 Å². The minimum absolute atomic E-state index is 0.0156. The van der Waals surface area contributed by atoms with E-state index in [1.54, 1.807) is 7.11 Å². The molecule has 19 nitrogen and oxygen atoms in total. The van der Waals surface area contributed by atoms with Crippen molar-refractivity contribution in [2.45, 2.75) is 39.5 Å². The third kappa shape index (κ3) is 20.6. The second-order valence-corrected chi connectivity index (χ2v) is 14.7. The van der Waals surface area contributed by atoms with E-state index in [0.29, 0.717) is 144 Å². The lowest BCUT2D eigenvalue weighted by molar-refractivity contribution is -0.385. The number of nitro benzene ring substituents is 1. The number of para-hydroxylation sites is 1. The van der Waals surface area contributed by atoms with Gasteiger partial charge in [-0.15, -0.1) is 0 Å². The van der Waals surface area contributed by atoms with Crippen molar-refractivity contribution in [3.05, 3.63) is 62.7 Å². The Labute approximate surface area is 377 Å². The van der Waals surface area contributed by atoms with Gasteiger partial charge in [0.25, 0.3) is 11.8 Å². The predicted octanol–water partition coefficient (Wildman–Crippen LogP) is 4.85. The van der Waals surface area contributed by atoms with E-state index in [9.17, 15) is 19.7 Å². The highest BCUT2D eigenvalue weighted by molar-refractivity contribution is 6.35. The molecule has 0 unspecified atom stereocenters. The van der Waals surface area contributed by atoms with Crippen LogP contribution in [0.4, 0.5) is 11.4 Å². The van der Waals surface area contributed by atoms with Crippen LogP contribution in [0.3, 0.4) is 0 Å². The molecule has 0 aromatic heterocycles. The molecule has 1 aliphatic heterocycles. The fourth-order valence-corrected chi connectivity index (χ4v) is 6.14. The van der Waals surface area contributed by atoms with Gasteiger partial charge in [0.2, 0.25) is 0 Å². The fourth-order valence-electron chi connectivity index (χ4n) is 6.14. The predicted molar refractivity (Wildman–Crippen MR) is 235 cm³/mol. The van der Waals surface area contributed by atoms with Crippen LogP contribution in [0.25, 0.3) is 0 Å². The molecular formula is C45H70N2O17. The maximum absolute atomic E-state index is 13.7. The molecule has 64 heavy (non-hydrogen) atoms. The van der Waals surface area contributed by atoms with Crippen LogP contribution in [-0.2, 0) is 56.8 Å². The number of nitrogens with zero attached hydrogens (tertiary/aromatic N) is 2. The molecule has 19 heteroatoms. The summed E-state index contributed by atoms with van der Waals surface area (Å²) < 4.78 is 70.8. The Kier molecular flexibility index (Phi) is 28.8. The van der Waals surface area contributed by atoms with Crippen LogP contribution >= 0.6 is 0 Å². The van der Waals surface area contributed by atoms with Crippen molar-refractivity contribution in [2.75, 3.05) is 171 Å². The minimum atomic E-state index is -0.628. The number of carbonyl (C=O) groups excluding carboxylic acids is 2. The maximum Gasteiger partial charge on any atom is 0.311 e. The Morgan fingerprint density at radius 2 is 0.781 bits per heavy atom. The highest BCUT2D eigenvalue weighted by Crippen LogP contribution is 2.42. The van der Waals surface area contributed by atoms with Crippen molar-refractivity contribution in [2.24, 2.45) is 0 Å². The lowest BCUT2D eigenvalue weighted by atomic mass is 9.92. The van der Waals surface area contributed by atoms with Gasteiger partial charge in [0.05, 0.1) is 174 Å². The third-order valence-corrected chi connectivity index (χ3v) is 9.37. The number of hydrogen-bond acceptors (Lipinski definition) is 17. The second kappa shape index (κ2) is 33.7. The molecule has 0 spiro atoms. The highest BCUT2D eigenvalue weighted by atomic mass is 16.6. The number of benzene rings is 2. The number of ether oxygens (including phenoxy) is 13. The molecular weight excluding hydrogens is 840 g/mol. The van der Waals surface area contributed by atoms with Gasteiger partial charge in [-0.25, -0.2) is 4.90 Å². The highest BCUT2D eigenvalue weighted by Gasteiger charge is 2.41. The number of anilines is 1. The van der Waals surface area contributed by atoms with E-state index in [0.717, 1.165) is 22.1 Å². The first kappa shape index (κ1) is 54.6. The zero-order valence-corrected chi connectivity index (χ0v) is 38.3. The average Bonchev–Trinajstić information content (AvgIpc) is 3.52. The minimum Gasteiger partial charge on any atom is -0.484 e. The first-order valence-corrected chi connectivity index (χ1v) is 22.0. The van der Waals surface area contributed by atoms with Crippen LogP contribution < -0.4 is 9.64 Å². The lowest BCUT2D eigenvalue weighted by Crippen LogP contribution is -2.31. The van der Waals surface area contributed by atoms with Crippen molar-refractivity contribution in [1.29, 1.82) is 0 Å². The quantitative estimate of drug-likeness (QED) is 0.0379. The van der Waals surface area contributed by atoms with Gasteiger partial charge in [-0.05, 0) is 23.0 Å². The summed E-state index contributed by atoms with van der Waals surface area (Å²) >= 11 is 0. The summed E-state index contributed by atoms with van der Waals surface area (Å²) in [5.74, 6) is -1.20. The Morgan fingerprint density at radius 3 is 1.08 bits per heavy atom. The normalized spacial score (nSPS) is 12.6. The van der Waals surface area contributed by atoms with Gasteiger partial charge in [-0.3, -0.25) is 19.7 Å². The number of fused-ring (bicyclic) bond motifs is 1. The van der Waals surface area contributed by atoms with E-state index in [1.165, 1.54) is 6.07 Å². The molecule has 0 saturated heterocycles. The molecule has 0 fully saturated rings. The molecule has 1 aliphatic rings. The monoisotopic (exact) mass is 910 g/mol. The van der Waals surface area contributed by atoms with Gasteiger partial charge in [-0.2, -0.15) is 0 Å². The summed E-state index contributed by atoms with van der Waals surface area (Å²) in [5, 5.41) is 12.0. The summed E-state index contributed by atoms with van der Waals surface area (Å²) in [6.07, 6.45) is 0. The van der Waals surface area contributed by atoms with E-state index >= 15 is 0 Å². The summed E-state index contributed by atoms with van der Waals surface area (Å²) in [6, 6.07) is 8.10. The first-order valence-electron chi connectivity index (χ1n) is 22.0. The standard InChI is InChI=1S/C45H70N2O17/c1-35(2)37-7-6-8-38(36(3)4)43(37)46-44(48)39-33-41(47(50)51)42(34-40(39)45(46)49)64-32-31-63-30-29-62-28-27-61-26-25-60-24-23-59-22-21-58-20-19-57-18-17-56-16-15-55-14-13-54-12-11-53-10-9-52-5/h6-8,33-36H,9-32H2,1-5H3. The molecule has 2 aromatic rings. The zero-order valence-electron chi connectivity index (χ0n) is 38.3. The molecule has 2 aromatic carbocycles. The van der Waals surface area contributed by atoms with Crippen LogP contribution in [0.15, 0.2) is 30.3 Å². The SMILES string of the molecule is COCCOCCOCCOCCOCCOCCOCCOCCOCCOCCOCCOCCOc1cc2c(cc1[N+](=O)[O-])C(=O)N(c1c(C(C)C)cccc1C(C)C)C2=O. The fraction of sp³-hybridized carbons (Fsp3) is 0.689. The summed E-state index contributed by atoms with van der Waals surface area (Å²) in [5.41, 5.74) is 1.83.